The highest BCUT2D eigenvalue weighted by Crippen LogP contribution is 2.34. The van der Waals surface area contributed by atoms with Gasteiger partial charge in [0.05, 0.1) is 10.2 Å². The summed E-state index contributed by atoms with van der Waals surface area (Å²) < 4.78 is 1.18. The van der Waals surface area contributed by atoms with Crippen LogP contribution in [-0.4, -0.2) is 11.5 Å². The first-order chi connectivity index (χ1) is 9.79. The fraction of sp³-hybridized carbons (Fsp3) is 0.188. The van der Waals surface area contributed by atoms with Crippen LogP contribution in [0.4, 0.5) is 5.69 Å². The molecule has 3 aromatic rings. The molecule has 0 saturated heterocycles. The Kier molecular flexibility index (Phi) is 2.90. The second-order valence-corrected chi connectivity index (χ2v) is 6.50. The molecule has 4 rings (SSSR count). The molecule has 2 nitrogen and oxygen atoms in total. The lowest BCUT2D eigenvalue weighted by Crippen LogP contribution is -2.11. The predicted molar refractivity (Wildman–Crippen MR) is 86.9 cm³/mol. The van der Waals surface area contributed by atoms with E-state index in [1.54, 1.807) is 11.3 Å². The van der Waals surface area contributed by atoms with E-state index >= 15 is 0 Å². The van der Waals surface area contributed by atoms with Gasteiger partial charge in [-0.2, -0.15) is 0 Å². The van der Waals surface area contributed by atoms with Crippen LogP contribution < -0.4 is 5.32 Å². The molecule has 1 aliphatic rings. The van der Waals surface area contributed by atoms with E-state index in [1.165, 1.54) is 27.9 Å². The number of nitrogens with zero attached hydrogens (tertiary/aromatic N) is 1. The monoisotopic (exact) mass is 300 g/mol. The third kappa shape index (κ3) is 2.07. The van der Waals surface area contributed by atoms with Gasteiger partial charge in [0.2, 0.25) is 0 Å². The van der Waals surface area contributed by atoms with Crippen LogP contribution in [0.2, 0.25) is 5.02 Å². The van der Waals surface area contributed by atoms with E-state index < -0.39 is 0 Å². The number of benzene rings is 2. The Morgan fingerprint density at radius 1 is 1.15 bits per heavy atom. The van der Waals surface area contributed by atoms with Crippen molar-refractivity contribution in [2.75, 3.05) is 11.9 Å². The Labute approximate surface area is 126 Å². The number of nitrogens with one attached hydrogen (secondary N) is 1. The molecule has 4 heteroatoms. The maximum absolute atomic E-state index is 6.03. The van der Waals surface area contributed by atoms with E-state index in [0.29, 0.717) is 0 Å². The molecule has 2 heterocycles. The highest BCUT2D eigenvalue weighted by Gasteiger charge is 2.12. The van der Waals surface area contributed by atoms with E-state index in [2.05, 4.69) is 23.5 Å². The maximum atomic E-state index is 6.03. The number of hydrogen-bond donors (Lipinski definition) is 1. The average molecular weight is 301 g/mol. The summed E-state index contributed by atoms with van der Waals surface area (Å²) >= 11 is 7.74. The highest BCUT2D eigenvalue weighted by molar-refractivity contribution is 7.21. The first-order valence-corrected chi connectivity index (χ1v) is 7.92. The molecule has 0 saturated carbocycles. The molecule has 0 atom stereocenters. The van der Waals surface area contributed by atoms with Gasteiger partial charge in [0, 0.05) is 22.8 Å². The van der Waals surface area contributed by atoms with Crippen molar-refractivity contribution in [2.45, 2.75) is 12.8 Å². The summed E-state index contributed by atoms with van der Waals surface area (Å²) in [6.07, 6.45) is 2.35. The second-order valence-electron chi connectivity index (χ2n) is 5.03. The number of rotatable bonds is 1. The number of aryl methyl sites for hydroxylation is 1. The quantitative estimate of drug-likeness (QED) is 0.686. The Balaban J connectivity index is 1.82. The van der Waals surface area contributed by atoms with E-state index in [1.807, 2.05) is 18.2 Å². The second kappa shape index (κ2) is 4.76. The van der Waals surface area contributed by atoms with Crippen LogP contribution in [0.15, 0.2) is 36.4 Å². The van der Waals surface area contributed by atoms with Gasteiger partial charge in [0.15, 0.2) is 0 Å². The Morgan fingerprint density at radius 2 is 2.10 bits per heavy atom. The Bertz CT molecular complexity index is 794. The lowest BCUT2D eigenvalue weighted by Gasteiger charge is -2.18. The van der Waals surface area contributed by atoms with Crippen LogP contribution in [-0.2, 0) is 6.42 Å². The molecule has 1 aromatic heterocycles. The molecule has 1 aliphatic heterocycles. The van der Waals surface area contributed by atoms with Crippen molar-refractivity contribution in [1.29, 1.82) is 0 Å². The minimum atomic E-state index is 0.740. The molecular weight excluding hydrogens is 288 g/mol. The predicted octanol–water partition coefficient (Wildman–Crippen LogP) is 4.97. The number of aromatic nitrogens is 1. The number of anilines is 1. The van der Waals surface area contributed by atoms with Crippen molar-refractivity contribution in [3.05, 3.63) is 47.0 Å². The van der Waals surface area contributed by atoms with E-state index in [4.69, 9.17) is 16.6 Å². The summed E-state index contributed by atoms with van der Waals surface area (Å²) in [6.45, 7) is 1.08. The van der Waals surface area contributed by atoms with Gasteiger partial charge < -0.3 is 5.32 Å². The van der Waals surface area contributed by atoms with Gasteiger partial charge in [0.25, 0.3) is 0 Å². The summed E-state index contributed by atoms with van der Waals surface area (Å²) in [4.78, 5) is 4.71. The molecule has 100 valence electrons. The largest absolute Gasteiger partial charge is 0.385 e. The third-order valence-electron chi connectivity index (χ3n) is 3.64. The SMILES string of the molecule is Clc1ccc2sc(-c3ccc4c(c3)CCCN4)nc2c1. The summed E-state index contributed by atoms with van der Waals surface area (Å²) in [5, 5.41) is 5.25. The van der Waals surface area contributed by atoms with Crippen LogP contribution in [0.3, 0.4) is 0 Å². The summed E-state index contributed by atoms with van der Waals surface area (Å²) in [5.41, 5.74) is 4.84. The molecule has 0 unspecified atom stereocenters. The van der Waals surface area contributed by atoms with Crippen molar-refractivity contribution in [2.24, 2.45) is 0 Å². The van der Waals surface area contributed by atoms with Crippen LogP contribution in [0, 0.1) is 0 Å². The number of fused-ring (bicyclic) bond motifs is 2. The molecular formula is C16H13ClN2S. The van der Waals surface area contributed by atoms with E-state index in [0.717, 1.165) is 28.5 Å². The van der Waals surface area contributed by atoms with Crippen LogP contribution in [0.25, 0.3) is 20.8 Å². The van der Waals surface area contributed by atoms with Gasteiger partial charge in [-0.3, -0.25) is 0 Å². The average Bonchev–Trinajstić information content (AvgIpc) is 2.89. The fourth-order valence-electron chi connectivity index (χ4n) is 2.63. The van der Waals surface area contributed by atoms with Crippen molar-refractivity contribution in [3.8, 4) is 10.6 Å². The molecule has 0 aliphatic carbocycles. The molecule has 0 spiro atoms. The van der Waals surface area contributed by atoms with Gasteiger partial charge >= 0.3 is 0 Å². The zero-order chi connectivity index (χ0) is 13.5. The zero-order valence-corrected chi connectivity index (χ0v) is 12.4. The van der Waals surface area contributed by atoms with Gasteiger partial charge in [-0.1, -0.05) is 11.6 Å². The minimum Gasteiger partial charge on any atom is -0.385 e. The molecule has 2 aromatic carbocycles. The highest BCUT2D eigenvalue weighted by atomic mass is 35.5. The van der Waals surface area contributed by atoms with Crippen LogP contribution in [0.1, 0.15) is 12.0 Å². The molecule has 0 bridgehead atoms. The minimum absolute atomic E-state index is 0.740. The molecule has 20 heavy (non-hydrogen) atoms. The molecule has 0 radical (unpaired) electrons. The van der Waals surface area contributed by atoms with Gasteiger partial charge in [-0.15, -0.1) is 11.3 Å². The van der Waals surface area contributed by atoms with Gasteiger partial charge in [0.1, 0.15) is 5.01 Å². The zero-order valence-electron chi connectivity index (χ0n) is 10.8. The van der Waals surface area contributed by atoms with E-state index in [-0.39, 0.29) is 0 Å². The summed E-state index contributed by atoms with van der Waals surface area (Å²) in [5.74, 6) is 0. The summed E-state index contributed by atoms with van der Waals surface area (Å²) in [7, 11) is 0. The van der Waals surface area contributed by atoms with Gasteiger partial charge in [-0.05, 0) is 54.8 Å². The summed E-state index contributed by atoms with van der Waals surface area (Å²) in [6, 6.07) is 12.5. The van der Waals surface area contributed by atoms with E-state index in [9.17, 15) is 0 Å². The smallest absolute Gasteiger partial charge is 0.124 e. The van der Waals surface area contributed by atoms with Crippen LogP contribution in [0.5, 0.6) is 0 Å². The fourth-order valence-corrected chi connectivity index (χ4v) is 3.74. The number of hydrogen-bond acceptors (Lipinski definition) is 3. The normalized spacial score (nSPS) is 14.1. The number of halogens is 1. The molecule has 0 amide bonds. The Hall–Kier alpha value is -1.58. The van der Waals surface area contributed by atoms with Crippen LogP contribution >= 0.6 is 22.9 Å². The van der Waals surface area contributed by atoms with Gasteiger partial charge in [-0.25, -0.2) is 4.98 Å². The van der Waals surface area contributed by atoms with Crippen molar-refractivity contribution >= 4 is 38.8 Å². The lowest BCUT2D eigenvalue weighted by molar-refractivity contribution is 0.830. The topological polar surface area (TPSA) is 24.9 Å². The maximum Gasteiger partial charge on any atom is 0.124 e. The van der Waals surface area contributed by atoms with Crippen molar-refractivity contribution < 1.29 is 0 Å². The first-order valence-electron chi connectivity index (χ1n) is 6.73. The third-order valence-corrected chi connectivity index (χ3v) is 4.96. The molecule has 1 N–H and O–H groups in total. The first kappa shape index (κ1) is 12.2. The standard InChI is InChI=1S/C16H13ClN2S/c17-12-4-6-15-14(9-12)19-16(20-15)11-3-5-13-10(8-11)2-1-7-18-13/h3-6,8-9,18H,1-2,7H2. The van der Waals surface area contributed by atoms with Crippen molar-refractivity contribution in [3.63, 3.8) is 0 Å². The number of thiazole rings is 1. The molecule has 0 fully saturated rings. The Morgan fingerprint density at radius 3 is 3.05 bits per heavy atom. The van der Waals surface area contributed by atoms with Crippen molar-refractivity contribution in [1.82, 2.24) is 4.98 Å². The lowest BCUT2D eigenvalue weighted by atomic mass is 10.0.